The van der Waals surface area contributed by atoms with Gasteiger partial charge in [0, 0.05) is 6.08 Å². The van der Waals surface area contributed by atoms with Crippen LogP contribution in [0.3, 0.4) is 0 Å². The summed E-state index contributed by atoms with van der Waals surface area (Å²) < 4.78 is 32.1. The second-order valence-electron chi connectivity index (χ2n) is 4.21. The highest BCUT2D eigenvalue weighted by molar-refractivity contribution is 5.85. The van der Waals surface area contributed by atoms with Gasteiger partial charge in [0.15, 0.2) is 17.4 Å². The molecule has 0 saturated heterocycles. The average molecular weight is 290 g/mol. The van der Waals surface area contributed by atoms with Crippen molar-refractivity contribution in [2.45, 2.75) is 6.61 Å². The second kappa shape index (κ2) is 6.65. The molecule has 2 rings (SSSR count). The third-order valence-electron chi connectivity index (χ3n) is 2.75. The summed E-state index contributed by atoms with van der Waals surface area (Å²) in [5.74, 6) is -3.09. The number of rotatable bonds is 5. The molecule has 21 heavy (non-hydrogen) atoms. The Kier molecular flexibility index (Phi) is 4.66. The van der Waals surface area contributed by atoms with Crippen LogP contribution < -0.4 is 4.74 Å². The summed E-state index contributed by atoms with van der Waals surface area (Å²) in [4.78, 5) is 10.5. The van der Waals surface area contributed by atoms with Crippen LogP contribution in [0.1, 0.15) is 11.1 Å². The molecule has 0 aromatic heterocycles. The quantitative estimate of drug-likeness (QED) is 0.855. The second-order valence-corrected chi connectivity index (χ2v) is 4.21. The zero-order chi connectivity index (χ0) is 15.2. The van der Waals surface area contributed by atoms with Crippen molar-refractivity contribution in [2.75, 3.05) is 0 Å². The summed E-state index contributed by atoms with van der Waals surface area (Å²) in [5, 5.41) is 8.63. The highest BCUT2D eigenvalue weighted by atomic mass is 19.1. The van der Waals surface area contributed by atoms with Gasteiger partial charge in [0.1, 0.15) is 6.61 Å². The molecule has 0 aliphatic rings. The number of aliphatic carboxylic acids is 1. The molecule has 0 radical (unpaired) electrons. The normalized spacial score (nSPS) is 10.8. The number of halogens is 2. The van der Waals surface area contributed by atoms with Crippen LogP contribution in [-0.2, 0) is 11.4 Å². The van der Waals surface area contributed by atoms with E-state index in [2.05, 4.69) is 0 Å². The standard InChI is InChI=1S/C16H12F2O3/c17-13-6-3-7-14(18)16(13)21-10-12-5-2-1-4-11(12)8-9-15(19)20/h1-9H,10H2,(H,19,20)/b9-8+. The fourth-order valence-corrected chi connectivity index (χ4v) is 1.76. The van der Waals surface area contributed by atoms with E-state index in [9.17, 15) is 13.6 Å². The van der Waals surface area contributed by atoms with Gasteiger partial charge in [-0.25, -0.2) is 13.6 Å². The van der Waals surface area contributed by atoms with Gasteiger partial charge >= 0.3 is 5.97 Å². The first kappa shape index (κ1) is 14.7. The Balaban J connectivity index is 2.19. The van der Waals surface area contributed by atoms with Crippen LogP contribution in [0.25, 0.3) is 6.08 Å². The molecule has 1 N–H and O–H groups in total. The van der Waals surface area contributed by atoms with Gasteiger partial charge in [-0.15, -0.1) is 0 Å². The first-order chi connectivity index (χ1) is 10.1. The number of hydrogen-bond acceptors (Lipinski definition) is 2. The van der Waals surface area contributed by atoms with Crippen LogP contribution in [-0.4, -0.2) is 11.1 Å². The summed E-state index contributed by atoms with van der Waals surface area (Å²) in [5.41, 5.74) is 1.23. The number of para-hydroxylation sites is 1. The van der Waals surface area contributed by atoms with E-state index < -0.39 is 23.4 Å². The summed E-state index contributed by atoms with van der Waals surface area (Å²) in [6.07, 6.45) is 2.39. The lowest BCUT2D eigenvalue weighted by atomic mass is 10.1. The zero-order valence-corrected chi connectivity index (χ0v) is 10.9. The molecule has 0 saturated carbocycles. The molecule has 0 bridgehead atoms. The highest BCUT2D eigenvalue weighted by Crippen LogP contribution is 2.23. The molecule has 2 aromatic carbocycles. The molecule has 0 unspecified atom stereocenters. The van der Waals surface area contributed by atoms with Gasteiger partial charge in [-0.1, -0.05) is 30.3 Å². The Hall–Kier alpha value is -2.69. The maximum Gasteiger partial charge on any atom is 0.328 e. The molecule has 5 heteroatoms. The number of carboxylic acids is 1. The lowest BCUT2D eigenvalue weighted by molar-refractivity contribution is -0.131. The van der Waals surface area contributed by atoms with E-state index in [4.69, 9.17) is 9.84 Å². The van der Waals surface area contributed by atoms with Gasteiger partial charge in [0.25, 0.3) is 0 Å². The predicted octanol–water partition coefficient (Wildman–Crippen LogP) is 3.64. The topological polar surface area (TPSA) is 46.5 Å². The van der Waals surface area contributed by atoms with E-state index in [-0.39, 0.29) is 6.61 Å². The van der Waals surface area contributed by atoms with Crippen molar-refractivity contribution in [1.82, 2.24) is 0 Å². The van der Waals surface area contributed by atoms with Crippen LogP contribution in [0.5, 0.6) is 5.75 Å². The minimum atomic E-state index is -1.08. The molecule has 0 spiro atoms. The fraction of sp³-hybridized carbons (Fsp3) is 0.0625. The fourth-order valence-electron chi connectivity index (χ4n) is 1.76. The van der Waals surface area contributed by atoms with E-state index in [0.29, 0.717) is 11.1 Å². The zero-order valence-electron chi connectivity index (χ0n) is 10.9. The third-order valence-corrected chi connectivity index (χ3v) is 2.75. The molecule has 0 fully saturated rings. The lowest BCUT2D eigenvalue weighted by Gasteiger charge is -2.10. The SMILES string of the molecule is O=C(O)/C=C/c1ccccc1COc1c(F)cccc1F. The van der Waals surface area contributed by atoms with Crippen molar-refractivity contribution in [3.05, 3.63) is 71.3 Å². The molecule has 3 nitrogen and oxygen atoms in total. The minimum Gasteiger partial charge on any atom is -0.483 e. The third kappa shape index (κ3) is 3.89. The Morgan fingerprint density at radius 3 is 2.43 bits per heavy atom. The molecular formula is C16H12F2O3. The Morgan fingerprint density at radius 1 is 1.10 bits per heavy atom. The monoisotopic (exact) mass is 290 g/mol. The largest absolute Gasteiger partial charge is 0.483 e. The van der Waals surface area contributed by atoms with Crippen LogP contribution in [0.2, 0.25) is 0 Å². The summed E-state index contributed by atoms with van der Waals surface area (Å²) in [6.45, 7) is -0.0714. The number of ether oxygens (including phenoxy) is 1. The predicted molar refractivity (Wildman–Crippen MR) is 73.8 cm³/mol. The smallest absolute Gasteiger partial charge is 0.328 e. The van der Waals surface area contributed by atoms with Gasteiger partial charge in [0.2, 0.25) is 0 Å². The van der Waals surface area contributed by atoms with E-state index in [1.54, 1.807) is 24.3 Å². The first-order valence-electron chi connectivity index (χ1n) is 6.13. The van der Waals surface area contributed by atoms with Gasteiger partial charge in [-0.2, -0.15) is 0 Å². The Labute approximate surface area is 120 Å². The molecule has 108 valence electrons. The number of carboxylic acid groups (broad SMARTS) is 1. The molecule has 2 aromatic rings. The van der Waals surface area contributed by atoms with Crippen LogP contribution >= 0.6 is 0 Å². The summed E-state index contributed by atoms with van der Waals surface area (Å²) in [6, 6.07) is 10.3. The Bertz CT molecular complexity index is 661. The van der Waals surface area contributed by atoms with E-state index in [0.717, 1.165) is 18.2 Å². The molecule has 0 atom stereocenters. The average Bonchev–Trinajstić information content (AvgIpc) is 2.45. The molecule has 0 aliphatic carbocycles. The van der Waals surface area contributed by atoms with Crippen molar-refractivity contribution < 1.29 is 23.4 Å². The van der Waals surface area contributed by atoms with E-state index >= 15 is 0 Å². The molecule has 0 heterocycles. The minimum absolute atomic E-state index is 0.0714. The lowest BCUT2D eigenvalue weighted by Crippen LogP contribution is -2.01. The van der Waals surface area contributed by atoms with Crippen molar-refractivity contribution in [3.63, 3.8) is 0 Å². The maximum atomic E-state index is 13.5. The molecular weight excluding hydrogens is 278 g/mol. The van der Waals surface area contributed by atoms with Gasteiger partial charge < -0.3 is 9.84 Å². The molecule has 0 aliphatic heterocycles. The van der Waals surface area contributed by atoms with Crippen molar-refractivity contribution >= 4 is 12.0 Å². The van der Waals surface area contributed by atoms with Gasteiger partial charge in [0.05, 0.1) is 0 Å². The first-order valence-corrected chi connectivity index (χ1v) is 6.13. The number of hydrogen-bond donors (Lipinski definition) is 1. The number of carbonyl (C=O) groups is 1. The van der Waals surface area contributed by atoms with Crippen molar-refractivity contribution in [2.24, 2.45) is 0 Å². The van der Waals surface area contributed by atoms with Gasteiger partial charge in [-0.05, 0) is 29.3 Å². The van der Waals surface area contributed by atoms with E-state index in [1.165, 1.54) is 12.1 Å². The molecule has 0 amide bonds. The highest BCUT2D eigenvalue weighted by Gasteiger charge is 2.10. The maximum absolute atomic E-state index is 13.5. The number of benzene rings is 2. The van der Waals surface area contributed by atoms with Crippen LogP contribution in [0.4, 0.5) is 8.78 Å². The summed E-state index contributed by atoms with van der Waals surface area (Å²) >= 11 is 0. The summed E-state index contributed by atoms with van der Waals surface area (Å²) in [7, 11) is 0. The van der Waals surface area contributed by atoms with Crippen molar-refractivity contribution in [3.8, 4) is 5.75 Å². The van der Waals surface area contributed by atoms with Gasteiger partial charge in [-0.3, -0.25) is 0 Å². The van der Waals surface area contributed by atoms with Crippen LogP contribution in [0.15, 0.2) is 48.5 Å². The van der Waals surface area contributed by atoms with E-state index in [1.807, 2.05) is 0 Å². The Morgan fingerprint density at radius 2 is 1.76 bits per heavy atom. The van der Waals surface area contributed by atoms with Crippen LogP contribution in [0, 0.1) is 11.6 Å². The van der Waals surface area contributed by atoms with Crippen molar-refractivity contribution in [1.29, 1.82) is 0 Å².